The number of hydrazone groups is 1. The molecule has 1 amide bonds. The van der Waals surface area contributed by atoms with Crippen LogP contribution in [-0.2, 0) is 9.59 Å². The SMILES string of the molecule is O=C(O)CCC(=O)N1N=C(c2c(-c3ccc(F)cc3)c3ccccc3[nH]c2=O)CC1c1ccc(F)cc1. The average Bonchev–Trinajstić information content (AvgIpc) is 3.32. The predicted molar refractivity (Wildman–Crippen MR) is 134 cm³/mol. The van der Waals surface area contributed by atoms with Crippen LogP contribution in [0.2, 0.25) is 0 Å². The summed E-state index contributed by atoms with van der Waals surface area (Å²) < 4.78 is 27.3. The summed E-state index contributed by atoms with van der Waals surface area (Å²) in [6, 6.07) is 17.9. The maximum absolute atomic E-state index is 13.7. The molecule has 1 aliphatic heterocycles. The summed E-state index contributed by atoms with van der Waals surface area (Å²) in [6.07, 6.45) is -0.531. The zero-order chi connectivity index (χ0) is 26.1. The summed E-state index contributed by atoms with van der Waals surface area (Å²) in [4.78, 5) is 40.4. The van der Waals surface area contributed by atoms with E-state index in [9.17, 15) is 23.2 Å². The Morgan fingerprint density at radius 1 is 0.919 bits per heavy atom. The fraction of sp³-hybridized carbons (Fsp3) is 0.143. The molecule has 3 aromatic carbocycles. The van der Waals surface area contributed by atoms with Gasteiger partial charge in [0.05, 0.1) is 23.7 Å². The summed E-state index contributed by atoms with van der Waals surface area (Å²) in [6.45, 7) is 0. The van der Waals surface area contributed by atoms with Gasteiger partial charge in [-0.3, -0.25) is 14.4 Å². The fourth-order valence-corrected chi connectivity index (χ4v) is 4.60. The van der Waals surface area contributed by atoms with E-state index in [0.717, 1.165) is 0 Å². The number of nitrogens with one attached hydrogen (secondary N) is 1. The number of fused-ring (bicyclic) bond motifs is 1. The summed E-state index contributed by atoms with van der Waals surface area (Å²) in [5, 5.41) is 15.4. The number of halogens is 2. The van der Waals surface area contributed by atoms with Gasteiger partial charge >= 0.3 is 5.97 Å². The van der Waals surface area contributed by atoms with Crippen molar-refractivity contribution in [1.29, 1.82) is 0 Å². The van der Waals surface area contributed by atoms with Gasteiger partial charge in [-0.15, -0.1) is 0 Å². The van der Waals surface area contributed by atoms with Crippen LogP contribution in [0, 0.1) is 11.6 Å². The number of aromatic amines is 1. The topological polar surface area (TPSA) is 103 Å². The first kappa shape index (κ1) is 24.1. The molecule has 37 heavy (non-hydrogen) atoms. The van der Waals surface area contributed by atoms with Crippen LogP contribution in [0.1, 0.15) is 36.4 Å². The number of nitrogens with zero attached hydrogens (tertiary/aromatic N) is 2. The van der Waals surface area contributed by atoms with Gasteiger partial charge in [0.2, 0.25) is 5.91 Å². The van der Waals surface area contributed by atoms with Gasteiger partial charge in [0.1, 0.15) is 11.6 Å². The molecule has 1 unspecified atom stereocenters. The van der Waals surface area contributed by atoms with E-state index in [1.807, 2.05) is 12.1 Å². The molecule has 0 fully saturated rings. The highest BCUT2D eigenvalue weighted by Gasteiger charge is 2.35. The number of pyridine rings is 1. The van der Waals surface area contributed by atoms with Gasteiger partial charge in [0, 0.05) is 29.3 Å². The number of carbonyl (C=O) groups is 2. The van der Waals surface area contributed by atoms with E-state index >= 15 is 0 Å². The number of hydrogen-bond acceptors (Lipinski definition) is 4. The van der Waals surface area contributed by atoms with E-state index in [1.165, 1.54) is 41.4 Å². The van der Waals surface area contributed by atoms with Crippen LogP contribution in [0.5, 0.6) is 0 Å². The second-order valence-corrected chi connectivity index (χ2v) is 8.71. The molecule has 5 rings (SSSR count). The van der Waals surface area contributed by atoms with E-state index in [1.54, 1.807) is 24.3 Å². The zero-order valence-electron chi connectivity index (χ0n) is 19.4. The van der Waals surface area contributed by atoms with Gasteiger partial charge in [0.25, 0.3) is 5.56 Å². The van der Waals surface area contributed by atoms with Crippen LogP contribution < -0.4 is 5.56 Å². The first-order chi connectivity index (χ1) is 17.8. The number of benzene rings is 3. The molecule has 9 heteroatoms. The van der Waals surface area contributed by atoms with Crippen molar-refractivity contribution in [3.05, 3.63) is 106 Å². The minimum Gasteiger partial charge on any atom is -0.481 e. The Labute approximate surface area is 209 Å². The van der Waals surface area contributed by atoms with Crippen LogP contribution in [0.25, 0.3) is 22.0 Å². The summed E-state index contributed by atoms with van der Waals surface area (Å²) in [5.41, 5.74) is 2.40. The molecule has 0 radical (unpaired) electrons. The first-order valence-corrected chi connectivity index (χ1v) is 11.6. The molecule has 2 heterocycles. The molecule has 4 aromatic rings. The number of H-pyrrole nitrogens is 1. The third-order valence-electron chi connectivity index (χ3n) is 6.32. The Balaban J connectivity index is 1.68. The third-order valence-corrected chi connectivity index (χ3v) is 6.32. The van der Waals surface area contributed by atoms with Crippen molar-refractivity contribution in [1.82, 2.24) is 9.99 Å². The summed E-state index contributed by atoms with van der Waals surface area (Å²) >= 11 is 0. The largest absolute Gasteiger partial charge is 0.481 e. The molecule has 0 spiro atoms. The number of aromatic nitrogens is 1. The third kappa shape index (κ3) is 4.75. The van der Waals surface area contributed by atoms with Gasteiger partial charge < -0.3 is 10.1 Å². The standard InChI is InChI=1S/C28H21F2N3O4/c29-18-9-5-16(6-10-18)23-15-22(32-33(23)24(34)13-14-25(35)36)27-26(17-7-11-19(30)12-8-17)20-3-1-2-4-21(20)31-28(27)37/h1-12,23H,13-15H2,(H,31,37)(H,35,36). The molecule has 1 atom stereocenters. The Morgan fingerprint density at radius 3 is 2.24 bits per heavy atom. The lowest BCUT2D eigenvalue weighted by atomic mass is 9.91. The van der Waals surface area contributed by atoms with Gasteiger partial charge in [-0.1, -0.05) is 42.5 Å². The normalized spacial score (nSPS) is 15.1. The molecular formula is C28H21F2N3O4. The predicted octanol–water partition coefficient (Wildman–Crippen LogP) is 5.02. The van der Waals surface area contributed by atoms with Crippen molar-refractivity contribution in [2.75, 3.05) is 0 Å². The number of carboxylic acids is 1. The Bertz CT molecular complexity index is 1600. The smallest absolute Gasteiger partial charge is 0.303 e. The van der Waals surface area contributed by atoms with Crippen LogP contribution in [0.15, 0.2) is 82.7 Å². The number of carboxylic acid groups (broad SMARTS) is 1. The Hall–Kier alpha value is -4.66. The van der Waals surface area contributed by atoms with Crippen LogP contribution in [-0.4, -0.2) is 32.7 Å². The van der Waals surface area contributed by atoms with Crippen LogP contribution in [0.3, 0.4) is 0 Å². The van der Waals surface area contributed by atoms with Crippen molar-refractivity contribution in [3.63, 3.8) is 0 Å². The molecule has 0 saturated carbocycles. The lowest BCUT2D eigenvalue weighted by Gasteiger charge is -2.21. The highest BCUT2D eigenvalue weighted by Crippen LogP contribution is 2.37. The van der Waals surface area contributed by atoms with E-state index in [2.05, 4.69) is 10.1 Å². The van der Waals surface area contributed by atoms with Crippen molar-refractivity contribution in [2.24, 2.45) is 5.10 Å². The van der Waals surface area contributed by atoms with Gasteiger partial charge in [-0.25, -0.2) is 13.8 Å². The van der Waals surface area contributed by atoms with Crippen LogP contribution >= 0.6 is 0 Å². The minimum absolute atomic E-state index is 0.139. The maximum Gasteiger partial charge on any atom is 0.303 e. The van der Waals surface area contributed by atoms with E-state index in [0.29, 0.717) is 33.3 Å². The lowest BCUT2D eigenvalue weighted by Crippen LogP contribution is -2.27. The van der Waals surface area contributed by atoms with Crippen molar-refractivity contribution in [3.8, 4) is 11.1 Å². The van der Waals surface area contributed by atoms with Gasteiger partial charge in [-0.05, 0) is 41.5 Å². The van der Waals surface area contributed by atoms with Gasteiger partial charge in [0.15, 0.2) is 0 Å². The summed E-state index contributed by atoms with van der Waals surface area (Å²) in [7, 11) is 0. The maximum atomic E-state index is 13.7. The number of amides is 1. The van der Waals surface area contributed by atoms with E-state index in [-0.39, 0.29) is 24.8 Å². The monoisotopic (exact) mass is 501 g/mol. The number of rotatable bonds is 6. The second kappa shape index (κ2) is 9.77. The molecule has 186 valence electrons. The highest BCUT2D eigenvalue weighted by molar-refractivity contribution is 6.12. The van der Waals surface area contributed by atoms with Gasteiger partial charge in [-0.2, -0.15) is 5.10 Å². The van der Waals surface area contributed by atoms with E-state index < -0.39 is 35.1 Å². The Morgan fingerprint density at radius 2 is 1.57 bits per heavy atom. The number of aliphatic carboxylic acids is 1. The highest BCUT2D eigenvalue weighted by atomic mass is 19.1. The fourth-order valence-electron chi connectivity index (χ4n) is 4.60. The molecule has 0 saturated heterocycles. The van der Waals surface area contributed by atoms with E-state index in [4.69, 9.17) is 5.11 Å². The first-order valence-electron chi connectivity index (χ1n) is 11.6. The minimum atomic E-state index is -1.13. The molecule has 1 aliphatic rings. The molecule has 0 aliphatic carbocycles. The molecule has 2 N–H and O–H groups in total. The number of carbonyl (C=O) groups excluding carboxylic acids is 1. The number of hydrogen-bond donors (Lipinski definition) is 2. The zero-order valence-corrected chi connectivity index (χ0v) is 19.4. The Kier molecular flexibility index (Phi) is 6.35. The van der Waals surface area contributed by atoms with Crippen molar-refractivity contribution < 1.29 is 23.5 Å². The van der Waals surface area contributed by atoms with Crippen molar-refractivity contribution >= 4 is 28.5 Å². The summed E-state index contributed by atoms with van der Waals surface area (Å²) in [5.74, 6) is -2.53. The number of para-hydroxylation sites is 1. The molecule has 1 aromatic heterocycles. The molecule has 7 nitrogen and oxygen atoms in total. The molecular weight excluding hydrogens is 480 g/mol. The molecule has 0 bridgehead atoms. The quantitative estimate of drug-likeness (QED) is 0.387. The van der Waals surface area contributed by atoms with Crippen LogP contribution in [0.4, 0.5) is 8.78 Å². The van der Waals surface area contributed by atoms with Crippen molar-refractivity contribution in [2.45, 2.75) is 25.3 Å². The lowest BCUT2D eigenvalue weighted by molar-refractivity contribution is -0.141. The average molecular weight is 501 g/mol. The second-order valence-electron chi connectivity index (χ2n) is 8.71.